The number of carbonyl (C=O) groups excluding carboxylic acids is 1. The van der Waals surface area contributed by atoms with Crippen molar-refractivity contribution in [2.45, 2.75) is 82.6 Å². The van der Waals surface area contributed by atoms with Crippen LogP contribution < -0.4 is 4.90 Å². The minimum absolute atomic E-state index is 0.0298. The highest BCUT2D eigenvalue weighted by atomic mass is 35.5. The molecule has 1 saturated heterocycles. The summed E-state index contributed by atoms with van der Waals surface area (Å²) in [6, 6.07) is 17.6. The number of ketones is 1. The number of rotatable bonds is 6. The van der Waals surface area contributed by atoms with Crippen molar-refractivity contribution >= 4 is 23.2 Å². The summed E-state index contributed by atoms with van der Waals surface area (Å²) in [7, 11) is 0. The number of allylic oxidation sites excluding steroid dienone is 2. The number of benzene rings is 2. The van der Waals surface area contributed by atoms with E-state index < -0.39 is 34.6 Å². The molecular formula is C43H47ClF3N3O4. The van der Waals surface area contributed by atoms with E-state index in [4.69, 9.17) is 16.0 Å². The molecule has 2 aromatic carbocycles. The number of aliphatic hydroxyl groups excluding tert-OH is 1. The van der Waals surface area contributed by atoms with Crippen LogP contribution in [0.25, 0.3) is 11.3 Å². The minimum Gasteiger partial charge on any atom is -0.453 e. The predicted octanol–water partition coefficient (Wildman–Crippen LogP) is 9.11. The Bertz CT molecular complexity index is 2010. The van der Waals surface area contributed by atoms with Crippen LogP contribution in [-0.2, 0) is 12.6 Å². The average molecular weight is 762 g/mol. The van der Waals surface area contributed by atoms with Gasteiger partial charge in [0.25, 0.3) is 0 Å². The Kier molecular flexibility index (Phi) is 10.8. The van der Waals surface area contributed by atoms with Gasteiger partial charge in [-0.1, -0.05) is 48.4 Å². The summed E-state index contributed by atoms with van der Waals surface area (Å²) < 4.78 is 46.7. The Labute approximate surface area is 319 Å². The first-order valence-corrected chi connectivity index (χ1v) is 19.2. The quantitative estimate of drug-likeness (QED) is 0.150. The Morgan fingerprint density at radius 1 is 1.02 bits per heavy atom. The number of piperazine rings is 1. The van der Waals surface area contributed by atoms with Crippen molar-refractivity contribution in [2.75, 3.05) is 37.6 Å². The van der Waals surface area contributed by atoms with Gasteiger partial charge in [-0.3, -0.25) is 9.69 Å². The van der Waals surface area contributed by atoms with Crippen molar-refractivity contribution in [3.8, 4) is 11.3 Å². The number of aliphatic hydroxyl groups is 2. The molecule has 286 valence electrons. The molecule has 0 amide bonds. The van der Waals surface area contributed by atoms with Gasteiger partial charge in [0, 0.05) is 55.5 Å². The Morgan fingerprint density at radius 3 is 2.56 bits per heavy atom. The Hall–Kier alpha value is -3.96. The number of carbonyl (C=O) groups is 1. The summed E-state index contributed by atoms with van der Waals surface area (Å²) in [5, 5.41) is 23.8. The molecule has 0 spiro atoms. The van der Waals surface area contributed by atoms with Crippen LogP contribution in [0, 0.1) is 5.41 Å². The maximum Gasteiger partial charge on any atom is 0.416 e. The standard InChI is InChI=1S/C43H47ClF3N3O4/c1-28-6-5-17-41(2)35(16-18-42(41,53)27-49-20-22-50(23-21-49)39-7-3-4-19-48-39)32-12-9-29(24-31(51)11-8-28)25-33(32)40(52)38-15-14-37(54-38)34-26-30(43(45,46)47)10-13-36(34)44/h3-4,6-7,9-10,12-15,19,25-26,31,35,51,53H,5,8,11,16-18,20-24,27H2,1-2H3. The summed E-state index contributed by atoms with van der Waals surface area (Å²) in [5.41, 5.74) is 0.711. The lowest BCUT2D eigenvalue weighted by Crippen LogP contribution is -2.56. The molecule has 4 atom stereocenters. The number of anilines is 1. The monoisotopic (exact) mass is 761 g/mol. The number of β-amino-alcohol motifs (C(OH)–C–C–N with tert-alkyl or cyclic N) is 1. The van der Waals surface area contributed by atoms with E-state index >= 15 is 0 Å². The number of pyridine rings is 1. The van der Waals surface area contributed by atoms with Crippen molar-refractivity contribution < 1.29 is 32.6 Å². The van der Waals surface area contributed by atoms with Gasteiger partial charge >= 0.3 is 6.18 Å². The lowest BCUT2D eigenvalue weighted by atomic mass is 9.64. The van der Waals surface area contributed by atoms with Crippen molar-refractivity contribution in [3.05, 3.63) is 118 Å². The van der Waals surface area contributed by atoms with Crippen LogP contribution in [-0.4, -0.2) is 70.3 Å². The first-order chi connectivity index (χ1) is 25.7. The molecule has 8 rings (SSSR count). The van der Waals surface area contributed by atoms with Gasteiger partial charge in [0.15, 0.2) is 5.76 Å². The van der Waals surface area contributed by atoms with Crippen molar-refractivity contribution in [2.24, 2.45) is 5.41 Å². The number of hydrogen-bond donors (Lipinski definition) is 2. The molecule has 11 heteroatoms. The largest absolute Gasteiger partial charge is 0.453 e. The van der Waals surface area contributed by atoms with E-state index in [9.17, 15) is 28.2 Å². The molecule has 4 unspecified atom stereocenters. The molecule has 3 aliphatic carbocycles. The zero-order valence-electron chi connectivity index (χ0n) is 30.7. The van der Waals surface area contributed by atoms with E-state index in [1.165, 1.54) is 23.8 Å². The van der Waals surface area contributed by atoms with Crippen LogP contribution in [0.4, 0.5) is 19.0 Å². The third kappa shape index (κ3) is 7.76. The molecule has 2 N–H and O–H groups in total. The summed E-state index contributed by atoms with van der Waals surface area (Å²) in [6.07, 6.45) is 3.16. The number of aromatic nitrogens is 1. The highest BCUT2D eigenvalue weighted by Gasteiger charge is 2.57. The topological polar surface area (TPSA) is 90.0 Å². The molecule has 4 aromatic rings. The first kappa shape index (κ1) is 38.3. The van der Waals surface area contributed by atoms with Crippen LogP contribution in [0.2, 0.25) is 5.02 Å². The summed E-state index contributed by atoms with van der Waals surface area (Å²) >= 11 is 6.33. The number of alkyl halides is 3. The van der Waals surface area contributed by atoms with Gasteiger partial charge in [0.05, 0.1) is 22.3 Å². The number of hydrogen-bond acceptors (Lipinski definition) is 7. The maximum absolute atomic E-state index is 14.5. The van der Waals surface area contributed by atoms with Crippen LogP contribution >= 0.6 is 11.6 Å². The summed E-state index contributed by atoms with van der Waals surface area (Å²) in [4.78, 5) is 23.7. The second kappa shape index (κ2) is 15.3. The van der Waals surface area contributed by atoms with Crippen molar-refractivity contribution in [1.29, 1.82) is 0 Å². The first-order valence-electron chi connectivity index (χ1n) is 18.8. The van der Waals surface area contributed by atoms with Crippen LogP contribution in [0.3, 0.4) is 0 Å². The SMILES string of the molecule is CC1=CCCC2(C)C(CCC2(O)CN2CCN(c3ccccn3)CC2)c2ccc(cc2C(=O)c2ccc(-c3cc(C(F)(F)F)ccc3Cl)o2)CC(O)CC1. The second-order valence-corrected chi connectivity index (χ2v) is 16.0. The summed E-state index contributed by atoms with van der Waals surface area (Å²) in [5.74, 6) is 0.376. The highest BCUT2D eigenvalue weighted by Crippen LogP contribution is 2.59. The second-order valence-electron chi connectivity index (χ2n) is 15.6. The zero-order chi connectivity index (χ0) is 38.3. The van der Waals surface area contributed by atoms with E-state index in [0.717, 1.165) is 68.1 Å². The fourth-order valence-electron chi connectivity index (χ4n) is 8.87. The molecule has 54 heavy (non-hydrogen) atoms. The molecule has 1 saturated carbocycles. The van der Waals surface area contributed by atoms with E-state index in [2.05, 4.69) is 34.7 Å². The number of furan rings is 1. The highest BCUT2D eigenvalue weighted by molar-refractivity contribution is 6.33. The van der Waals surface area contributed by atoms with Crippen LogP contribution in [0.5, 0.6) is 0 Å². The molecule has 7 nitrogen and oxygen atoms in total. The number of halogens is 4. The molecule has 0 radical (unpaired) electrons. The molecule has 2 bridgehead atoms. The van der Waals surface area contributed by atoms with Gasteiger partial charge in [-0.2, -0.15) is 13.2 Å². The van der Waals surface area contributed by atoms with E-state index in [-0.39, 0.29) is 28.0 Å². The molecule has 4 aliphatic rings. The maximum atomic E-state index is 14.5. The van der Waals surface area contributed by atoms with Gasteiger partial charge in [0.1, 0.15) is 11.6 Å². The van der Waals surface area contributed by atoms with Gasteiger partial charge in [-0.05, 0) is 117 Å². The normalized spacial score (nSPS) is 25.6. The van der Waals surface area contributed by atoms with E-state index in [1.54, 1.807) is 6.20 Å². The van der Waals surface area contributed by atoms with Gasteiger partial charge in [-0.15, -0.1) is 0 Å². The third-order valence-corrected chi connectivity index (χ3v) is 12.5. The minimum atomic E-state index is -4.58. The lowest BCUT2D eigenvalue weighted by molar-refractivity contribution is -0.137. The molecule has 2 aromatic heterocycles. The third-order valence-electron chi connectivity index (χ3n) is 12.1. The van der Waals surface area contributed by atoms with Crippen molar-refractivity contribution in [3.63, 3.8) is 0 Å². The fraction of sp³-hybridized carbons (Fsp3) is 0.442. The van der Waals surface area contributed by atoms with E-state index in [1.807, 2.05) is 36.4 Å². The van der Waals surface area contributed by atoms with Crippen molar-refractivity contribution in [1.82, 2.24) is 9.88 Å². The fourth-order valence-corrected chi connectivity index (χ4v) is 9.08. The van der Waals surface area contributed by atoms with Crippen LogP contribution in [0.1, 0.15) is 91.1 Å². The lowest BCUT2D eigenvalue weighted by Gasteiger charge is -2.47. The van der Waals surface area contributed by atoms with Crippen LogP contribution in [0.15, 0.2) is 89.0 Å². The molecule has 2 fully saturated rings. The zero-order valence-corrected chi connectivity index (χ0v) is 31.5. The van der Waals surface area contributed by atoms with Gasteiger partial charge in [0.2, 0.25) is 5.78 Å². The molecular weight excluding hydrogens is 715 g/mol. The van der Waals surface area contributed by atoms with Gasteiger partial charge in [-0.25, -0.2) is 4.98 Å². The van der Waals surface area contributed by atoms with Gasteiger partial charge < -0.3 is 19.5 Å². The summed E-state index contributed by atoms with van der Waals surface area (Å²) in [6.45, 7) is 7.94. The smallest absolute Gasteiger partial charge is 0.416 e. The van der Waals surface area contributed by atoms with E-state index in [0.29, 0.717) is 44.2 Å². The average Bonchev–Trinajstić information content (AvgIpc) is 3.73. The predicted molar refractivity (Wildman–Crippen MR) is 204 cm³/mol. The molecule has 3 heterocycles. The number of nitrogens with zero attached hydrogens (tertiary/aromatic N) is 3. The molecule has 1 aliphatic heterocycles. The Morgan fingerprint density at radius 2 is 1.81 bits per heavy atom. The Balaban J connectivity index is 1.22. The number of fused-ring (bicyclic) bond motifs is 8.